The van der Waals surface area contributed by atoms with Crippen molar-refractivity contribution in [1.82, 2.24) is 9.97 Å². The lowest BCUT2D eigenvalue weighted by molar-refractivity contribution is -0.111. The zero-order valence-corrected chi connectivity index (χ0v) is 10.00. The van der Waals surface area contributed by atoms with E-state index in [9.17, 15) is 4.79 Å². The second-order valence-corrected chi connectivity index (χ2v) is 3.69. The van der Waals surface area contributed by atoms with Crippen LogP contribution in [0.3, 0.4) is 0 Å². The summed E-state index contributed by atoms with van der Waals surface area (Å²) in [5.74, 6) is -0.131. The van der Waals surface area contributed by atoms with Crippen LogP contribution >= 0.6 is 0 Å². The van der Waals surface area contributed by atoms with Crippen LogP contribution in [0.25, 0.3) is 11.1 Å². The molecular formula is C14H13N3O. The molecule has 1 amide bonds. The third kappa shape index (κ3) is 3.01. The fourth-order valence-electron chi connectivity index (χ4n) is 1.53. The second-order valence-electron chi connectivity index (χ2n) is 3.69. The summed E-state index contributed by atoms with van der Waals surface area (Å²) in [5, 5.41) is 2.76. The first-order valence-corrected chi connectivity index (χ1v) is 5.58. The molecule has 1 aromatic heterocycles. The van der Waals surface area contributed by atoms with Gasteiger partial charge in [-0.25, -0.2) is 9.97 Å². The topological polar surface area (TPSA) is 54.9 Å². The molecule has 0 aliphatic rings. The van der Waals surface area contributed by atoms with Gasteiger partial charge in [0.2, 0.25) is 5.91 Å². The van der Waals surface area contributed by atoms with Crippen molar-refractivity contribution < 1.29 is 4.79 Å². The lowest BCUT2D eigenvalue weighted by atomic mass is 10.1. The molecule has 0 radical (unpaired) electrons. The number of aromatic nitrogens is 2. The van der Waals surface area contributed by atoms with Gasteiger partial charge in [0.15, 0.2) is 0 Å². The molecule has 0 unspecified atom stereocenters. The average molecular weight is 239 g/mol. The van der Waals surface area contributed by atoms with Crippen LogP contribution in [0.1, 0.15) is 6.92 Å². The van der Waals surface area contributed by atoms with E-state index in [-0.39, 0.29) is 5.91 Å². The minimum Gasteiger partial charge on any atom is -0.323 e. The van der Waals surface area contributed by atoms with Crippen molar-refractivity contribution in [2.24, 2.45) is 0 Å². The quantitative estimate of drug-likeness (QED) is 0.838. The monoisotopic (exact) mass is 239 g/mol. The summed E-state index contributed by atoms with van der Waals surface area (Å²) in [6, 6.07) is 7.54. The van der Waals surface area contributed by atoms with E-state index in [1.54, 1.807) is 25.4 Å². The zero-order chi connectivity index (χ0) is 12.8. The summed E-state index contributed by atoms with van der Waals surface area (Å²) in [7, 11) is 0. The molecule has 4 heteroatoms. The van der Waals surface area contributed by atoms with Crippen molar-refractivity contribution in [3.05, 3.63) is 55.1 Å². The molecule has 0 saturated heterocycles. The Morgan fingerprint density at radius 2 is 1.78 bits per heavy atom. The molecule has 0 fully saturated rings. The maximum atomic E-state index is 11.3. The molecule has 0 aliphatic heterocycles. The zero-order valence-electron chi connectivity index (χ0n) is 10.00. The number of hydrogen-bond donors (Lipinski definition) is 1. The highest BCUT2D eigenvalue weighted by molar-refractivity contribution is 5.99. The maximum Gasteiger partial charge on any atom is 0.248 e. The number of anilines is 1. The highest BCUT2D eigenvalue weighted by Gasteiger charge is 2.00. The fourth-order valence-corrected chi connectivity index (χ4v) is 1.53. The van der Waals surface area contributed by atoms with E-state index in [0.29, 0.717) is 0 Å². The number of carbonyl (C=O) groups excluding carboxylic acids is 1. The number of nitrogens with zero attached hydrogens (tertiary/aromatic N) is 2. The van der Waals surface area contributed by atoms with Crippen LogP contribution in [-0.4, -0.2) is 15.9 Å². The smallest absolute Gasteiger partial charge is 0.248 e. The van der Waals surface area contributed by atoms with Crippen molar-refractivity contribution in [2.45, 2.75) is 6.92 Å². The third-order valence-electron chi connectivity index (χ3n) is 2.36. The van der Waals surface area contributed by atoms with E-state index in [1.165, 1.54) is 12.4 Å². The van der Waals surface area contributed by atoms with Crippen LogP contribution in [-0.2, 0) is 4.79 Å². The van der Waals surface area contributed by atoms with Gasteiger partial charge in [0.1, 0.15) is 6.33 Å². The minimum atomic E-state index is -0.131. The van der Waals surface area contributed by atoms with Gasteiger partial charge >= 0.3 is 0 Å². The number of hydrogen-bond acceptors (Lipinski definition) is 3. The lowest BCUT2D eigenvalue weighted by Crippen LogP contribution is -2.07. The van der Waals surface area contributed by atoms with Crippen molar-refractivity contribution in [3.8, 4) is 11.1 Å². The number of rotatable bonds is 3. The van der Waals surface area contributed by atoms with E-state index in [4.69, 9.17) is 0 Å². The molecular weight excluding hydrogens is 226 g/mol. The SMILES string of the molecule is C/C=C/C(=O)Nc1ccc(-c2cncnc2)cc1. The number of allylic oxidation sites excluding steroid dienone is 1. The van der Waals surface area contributed by atoms with E-state index in [0.717, 1.165) is 16.8 Å². The van der Waals surface area contributed by atoms with Gasteiger partial charge in [-0.05, 0) is 30.7 Å². The summed E-state index contributed by atoms with van der Waals surface area (Å²) in [6.07, 6.45) is 8.18. The van der Waals surface area contributed by atoms with E-state index in [2.05, 4.69) is 15.3 Å². The van der Waals surface area contributed by atoms with Gasteiger partial charge in [-0.15, -0.1) is 0 Å². The molecule has 0 saturated carbocycles. The van der Waals surface area contributed by atoms with Crippen molar-refractivity contribution >= 4 is 11.6 Å². The standard InChI is InChI=1S/C14H13N3O/c1-2-3-14(18)17-13-6-4-11(5-7-13)12-8-15-10-16-9-12/h2-10H,1H3,(H,17,18)/b3-2+. The largest absolute Gasteiger partial charge is 0.323 e. The summed E-state index contributed by atoms with van der Waals surface area (Å²) in [5.41, 5.74) is 2.72. The van der Waals surface area contributed by atoms with Gasteiger partial charge in [0.25, 0.3) is 0 Å². The van der Waals surface area contributed by atoms with Gasteiger partial charge in [0, 0.05) is 23.6 Å². The minimum absolute atomic E-state index is 0.131. The first-order valence-electron chi connectivity index (χ1n) is 5.58. The molecule has 2 aromatic rings. The number of amides is 1. The van der Waals surface area contributed by atoms with E-state index >= 15 is 0 Å². The van der Waals surface area contributed by atoms with Crippen LogP contribution in [0.5, 0.6) is 0 Å². The molecule has 2 rings (SSSR count). The molecule has 1 heterocycles. The maximum absolute atomic E-state index is 11.3. The highest BCUT2D eigenvalue weighted by Crippen LogP contribution is 2.19. The molecule has 4 nitrogen and oxygen atoms in total. The summed E-state index contributed by atoms with van der Waals surface area (Å²) in [6.45, 7) is 1.80. The molecule has 90 valence electrons. The van der Waals surface area contributed by atoms with Crippen LogP contribution in [0, 0.1) is 0 Å². The van der Waals surface area contributed by atoms with Crippen LogP contribution < -0.4 is 5.32 Å². The summed E-state index contributed by atoms with van der Waals surface area (Å²) in [4.78, 5) is 19.3. The molecule has 0 atom stereocenters. The fraction of sp³-hybridized carbons (Fsp3) is 0.0714. The Labute approximate surface area is 105 Å². The molecule has 1 aromatic carbocycles. The molecule has 0 spiro atoms. The Morgan fingerprint density at radius 3 is 2.39 bits per heavy atom. The van der Waals surface area contributed by atoms with Gasteiger partial charge in [0.05, 0.1) is 0 Å². The molecule has 1 N–H and O–H groups in total. The predicted molar refractivity (Wildman–Crippen MR) is 70.9 cm³/mol. The number of benzene rings is 1. The predicted octanol–water partition coefficient (Wildman–Crippen LogP) is 2.66. The molecule has 0 aliphatic carbocycles. The van der Waals surface area contributed by atoms with Crippen LogP contribution in [0.2, 0.25) is 0 Å². The number of carbonyl (C=O) groups is 1. The normalized spacial score (nSPS) is 10.5. The molecule has 0 bridgehead atoms. The van der Waals surface area contributed by atoms with Crippen molar-refractivity contribution in [2.75, 3.05) is 5.32 Å². The van der Waals surface area contributed by atoms with E-state index < -0.39 is 0 Å². The van der Waals surface area contributed by atoms with Gasteiger partial charge < -0.3 is 5.32 Å². The summed E-state index contributed by atoms with van der Waals surface area (Å²) < 4.78 is 0. The van der Waals surface area contributed by atoms with Crippen molar-refractivity contribution in [3.63, 3.8) is 0 Å². The number of nitrogens with one attached hydrogen (secondary N) is 1. The van der Waals surface area contributed by atoms with Crippen LogP contribution in [0.4, 0.5) is 5.69 Å². The Balaban J connectivity index is 2.13. The van der Waals surface area contributed by atoms with Gasteiger partial charge in [-0.1, -0.05) is 18.2 Å². The Kier molecular flexibility index (Phi) is 3.81. The Hall–Kier alpha value is -2.49. The Bertz CT molecular complexity index is 547. The second kappa shape index (κ2) is 5.72. The first-order chi connectivity index (χ1) is 8.79. The first kappa shape index (κ1) is 12.0. The van der Waals surface area contributed by atoms with Crippen LogP contribution in [0.15, 0.2) is 55.1 Å². The summed E-state index contributed by atoms with van der Waals surface area (Å²) >= 11 is 0. The van der Waals surface area contributed by atoms with Gasteiger partial charge in [-0.2, -0.15) is 0 Å². The Morgan fingerprint density at radius 1 is 1.11 bits per heavy atom. The van der Waals surface area contributed by atoms with Gasteiger partial charge in [-0.3, -0.25) is 4.79 Å². The van der Waals surface area contributed by atoms with E-state index in [1.807, 2.05) is 24.3 Å². The molecule has 18 heavy (non-hydrogen) atoms. The van der Waals surface area contributed by atoms with Crippen molar-refractivity contribution in [1.29, 1.82) is 0 Å². The third-order valence-corrected chi connectivity index (χ3v) is 2.36. The lowest BCUT2D eigenvalue weighted by Gasteiger charge is -2.04. The average Bonchev–Trinajstić information content (AvgIpc) is 2.41. The highest BCUT2D eigenvalue weighted by atomic mass is 16.1.